The van der Waals surface area contributed by atoms with Crippen LogP contribution in [-0.2, 0) is 4.74 Å². The SMILES string of the molecule is COCC(CCBr)NC(=O)c1ccc(I)cc1. The standard InChI is InChI=1S/C12H15BrINO2/c1-17-8-11(6-7-13)15-12(16)9-2-4-10(14)5-3-9/h2-5,11H,6-8H2,1H3,(H,15,16). The van der Waals surface area contributed by atoms with E-state index < -0.39 is 0 Å². The Morgan fingerprint density at radius 3 is 2.65 bits per heavy atom. The van der Waals surface area contributed by atoms with Crippen LogP contribution >= 0.6 is 38.5 Å². The molecule has 1 N–H and O–H groups in total. The first kappa shape index (κ1) is 14.9. The molecule has 1 atom stereocenters. The lowest BCUT2D eigenvalue weighted by molar-refractivity contribution is 0.0895. The average molecular weight is 412 g/mol. The van der Waals surface area contributed by atoms with E-state index in [4.69, 9.17) is 4.74 Å². The van der Waals surface area contributed by atoms with Crippen molar-refractivity contribution in [3.63, 3.8) is 0 Å². The summed E-state index contributed by atoms with van der Waals surface area (Å²) in [6.07, 6.45) is 0.851. The largest absolute Gasteiger partial charge is 0.383 e. The number of hydrogen-bond acceptors (Lipinski definition) is 2. The molecule has 0 aliphatic carbocycles. The Bertz CT molecular complexity index is 350. The van der Waals surface area contributed by atoms with Crippen LogP contribution in [0.4, 0.5) is 0 Å². The van der Waals surface area contributed by atoms with Crippen molar-refractivity contribution in [2.24, 2.45) is 0 Å². The summed E-state index contributed by atoms with van der Waals surface area (Å²) >= 11 is 5.58. The van der Waals surface area contributed by atoms with Gasteiger partial charge in [-0.1, -0.05) is 15.9 Å². The summed E-state index contributed by atoms with van der Waals surface area (Å²) < 4.78 is 6.19. The van der Waals surface area contributed by atoms with Crippen molar-refractivity contribution in [1.29, 1.82) is 0 Å². The van der Waals surface area contributed by atoms with Crippen LogP contribution in [-0.4, -0.2) is 31.0 Å². The molecule has 1 rings (SSSR count). The normalized spacial score (nSPS) is 12.2. The molecule has 1 amide bonds. The van der Waals surface area contributed by atoms with Crippen molar-refractivity contribution in [3.05, 3.63) is 33.4 Å². The molecule has 0 spiro atoms. The molecule has 1 unspecified atom stereocenters. The highest BCUT2D eigenvalue weighted by Crippen LogP contribution is 2.07. The zero-order valence-electron chi connectivity index (χ0n) is 9.58. The number of carbonyl (C=O) groups is 1. The smallest absolute Gasteiger partial charge is 0.251 e. The van der Waals surface area contributed by atoms with E-state index in [1.807, 2.05) is 24.3 Å². The van der Waals surface area contributed by atoms with Crippen LogP contribution in [0.25, 0.3) is 0 Å². The highest BCUT2D eigenvalue weighted by Gasteiger charge is 2.12. The minimum Gasteiger partial charge on any atom is -0.383 e. The molecule has 0 saturated carbocycles. The van der Waals surface area contributed by atoms with Crippen LogP contribution < -0.4 is 5.32 Å². The van der Waals surface area contributed by atoms with E-state index in [9.17, 15) is 4.79 Å². The number of alkyl halides is 1. The molecule has 17 heavy (non-hydrogen) atoms. The van der Waals surface area contributed by atoms with Gasteiger partial charge in [0.05, 0.1) is 12.6 Å². The molecule has 3 nitrogen and oxygen atoms in total. The fraction of sp³-hybridized carbons (Fsp3) is 0.417. The van der Waals surface area contributed by atoms with Crippen molar-refractivity contribution in [2.75, 3.05) is 19.0 Å². The molecule has 0 fully saturated rings. The maximum absolute atomic E-state index is 11.9. The molecule has 5 heteroatoms. The number of halogens is 2. The molecule has 1 aromatic rings. The Morgan fingerprint density at radius 1 is 1.47 bits per heavy atom. The van der Waals surface area contributed by atoms with Crippen molar-refractivity contribution in [1.82, 2.24) is 5.32 Å². The second-order valence-electron chi connectivity index (χ2n) is 3.61. The van der Waals surface area contributed by atoms with E-state index >= 15 is 0 Å². The van der Waals surface area contributed by atoms with Gasteiger partial charge in [0.2, 0.25) is 0 Å². The van der Waals surface area contributed by atoms with E-state index in [2.05, 4.69) is 43.8 Å². The maximum Gasteiger partial charge on any atom is 0.251 e. The number of rotatable bonds is 6. The summed E-state index contributed by atoms with van der Waals surface area (Å²) in [5.41, 5.74) is 0.682. The quantitative estimate of drug-likeness (QED) is 0.577. The van der Waals surface area contributed by atoms with E-state index in [1.165, 1.54) is 0 Å². The Balaban J connectivity index is 2.60. The average Bonchev–Trinajstić information content (AvgIpc) is 2.30. The first-order chi connectivity index (χ1) is 8.17. The third kappa shape index (κ3) is 5.35. The number of carbonyl (C=O) groups excluding carboxylic acids is 1. The van der Waals surface area contributed by atoms with Gasteiger partial charge in [-0.3, -0.25) is 4.79 Å². The van der Waals surface area contributed by atoms with Crippen LogP contribution in [0, 0.1) is 3.57 Å². The molecule has 0 aliphatic heterocycles. The number of nitrogens with one attached hydrogen (secondary N) is 1. The Kier molecular flexibility index (Phi) is 7.06. The van der Waals surface area contributed by atoms with Gasteiger partial charge in [-0.05, 0) is 53.3 Å². The van der Waals surface area contributed by atoms with Crippen molar-refractivity contribution in [2.45, 2.75) is 12.5 Å². The maximum atomic E-state index is 11.9. The third-order valence-corrected chi connectivity index (χ3v) is 3.44. The van der Waals surface area contributed by atoms with Crippen LogP contribution in [0.15, 0.2) is 24.3 Å². The van der Waals surface area contributed by atoms with Gasteiger partial charge in [0.15, 0.2) is 0 Å². The van der Waals surface area contributed by atoms with Gasteiger partial charge in [0.1, 0.15) is 0 Å². The Labute approximate surface area is 124 Å². The van der Waals surface area contributed by atoms with Crippen LogP contribution in [0.5, 0.6) is 0 Å². The summed E-state index contributed by atoms with van der Waals surface area (Å²) in [5.74, 6) is -0.0515. The summed E-state index contributed by atoms with van der Waals surface area (Å²) in [6.45, 7) is 0.529. The third-order valence-electron chi connectivity index (χ3n) is 2.27. The molecule has 0 aliphatic rings. The minimum atomic E-state index is -0.0515. The van der Waals surface area contributed by atoms with Gasteiger partial charge in [-0.15, -0.1) is 0 Å². The molecule has 0 bridgehead atoms. The molecule has 0 saturated heterocycles. The molecule has 94 valence electrons. The number of ether oxygens (including phenoxy) is 1. The molecule has 1 aromatic carbocycles. The van der Waals surface area contributed by atoms with E-state index in [-0.39, 0.29) is 11.9 Å². The molecule has 0 radical (unpaired) electrons. The van der Waals surface area contributed by atoms with Gasteiger partial charge in [-0.25, -0.2) is 0 Å². The highest BCUT2D eigenvalue weighted by atomic mass is 127. The van der Waals surface area contributed by atoms with Gasteiger partial charge in [-0.2, -0.15) is 0 Å². The summed E-state index contributed by atoms with van der Waals surface area (Å²) in [6, 6.07) is 7.55. The lowest BCUT2D eigenvalue weighted by Gasteiger charge is -2.16. The van der Waals surface area contributed by atoms with Crippen molar-refractivity contribution in [3.8, 4) is 0 Å². The van der Waals surface area contributed by atoms with Gasteiger partial charge in [0.25, 0.3) is 5.91 Å². The Morgan fingerprint density at radius 2 is 2.12 bits per heavy atom. The number of methoxy groups -OCH3 is 1. The summed E-state index contributed by atoms with van der Waals surface area (Å²) in [7, 11) is 1.64. The molecular formula is C12H15BrINO2. The topological polar surface area (TPSA) is 38.3 Å². The van der Waals surface area contributed by atoms with Crippen LogP contribution in [0.3, 0.4) is 0 Å². The zero-order valence-corrected chi connectivity index (χ0v) is 13.3. The monoisotopic (exact) mass is 411 g/mol. The van der Waals surface area contributed by atoms with E-state index in [0.29, 0.717) is 12.2 Å². The first-order valence-electron chi connectivity index (χ1n) is 5.28. The van der Waals surface area contributed by atoms with Crippen molar-refractivity contribution < 1.29 is 9.53 Å². The Hall–Kier alpha value is -0.140. The predicted molar refractivity (Wildman–Crippen MR) is 80.7 cm³/mol. The van der Waals surface area contributed by atoms with E-state index in [1.54, 1.807) is 7.11 Å². The summed E-state index contributed by atoms with van der Waals surface area (Å²) in [5, 5.41) is 3.80. The molecule has 0 heterocycles. The lowest BCUT2D eigenvalue weighted by atomic mass is 10.2. The van der Waals surface area contributed by atoms with Crippen LogP contribution in [0.1, 0.15) is 16.8 Å². The second-order valence-corrected chi connectivity index (χ2v) is 5.65. The highest BCUT2D eigenvalue weighted by molar-refractivity contribution is 14.1. The molecular weight excluding hydrogens is 397 g/mol. The summed E-state index contributed by atoms with van der Waals surface area (Å²) in [4.78, 5) is 11.9. The first-order valence-corrected chi connectivity index (χ1v) is 7.48. The fourth-order valence-electron chi connectivity index (χ4n) is 1.40. The zero-order chi connectivity index (χ0) is 12.7. The number of benzene rings is 1. The number of hydrogen-bond donors (Lipinski definition) is 1. The van der Waals surface area contributed by atoms with Crippen LogP contribution in [0.2, 0.25) is 0 Å². The fourth-order valence-corrected chi connectivity index (χ4v) is 2.31. The predicted octanol–water partition coefficient (Wildman–Crippen LogP) is 2.82. The number of amides is 1. The lowest BCUT2D eigenvalue weighted by Crippen LogP contribution is -2.38. The minimum absolute atomic E-state index is 0.0474. The molecule has 0 aromatic heterocycles. The van der Waals surface area contributed by atoms with E-state index in [0.717, 1.165) is 15.3 Å². The van der Waals surface area contributed by atoms with Gasteiger partial charge in [0, 0.05) is 21.6 Å². The van der Waals surface area contributed by atoms with Crippen molar-refractivity contribution >= 4 is 44.4 Å². The van der Waals surface area contributed by atoms with Gasteiger partial charge >= 0.3 is 0 Å². The van der Waals surface area contributed by atoms with Gasteiger partial charge < -0.3 is 10.1 Å². The second kappa shape index (κ2) is 8.05.